The summed E-state index contributed by atoms with van der Waals surface area (Å²) in [5, 5.41) is 0. The number of methoxy groups -OCH3 is 1. The number of carbonyl (C=O) groups excluding carboxylic acids is 1. The SMILES string of the molecule is COc1ccc(C)cc1C1CN(C(C)=O)CCC1N. The normalized spacial score (nSPS) is 23.3. The summed E-state index contributed by atoms with van der Waals surface area (Å²) >= 11 is 0. The Morgan fingerprint density at radius 2 is 2.21 bits per heavy atom. The number of hydrogen-bond acceptors (Lipinski definition) is 3. The van der Waals surface area contributed by atoms with Gasteiger partial charge in [0.05, 0.1) is 7.11 Å². The number of likely N-dealkylation sites (tertiary alicyclic amines) is 1. The number of amides is 1. The number of ether oxygens (including phenoxy) is 1. The Bertz CT molecular complexity index is 473. The van der Waals surface area contributed by atoms with E-state index >= 15 is 0 Å². The smallest absolute Gasteiger partial charge is 0.219 e. The van der Waals surface area contributed by atoms with Crippen LogP contribution in [0.4, 0.5) is 0 Å². The Morgan fingerprint density at radius 1 is 1.47 bits per heavy atom. The van der Waals surface area contributed by atoms with Crippen LogP contribution in [0.25, 0.3) is 0 Å². The van der Waals surface area contributed by atoms with Crippen molar-refractivity contribution in [3.63, 3.8) is 0 Å². The molecular formula is C15H22N2O2. The van der Waals surface area contributed by atoms with Crippen LogP contribution in [-0.4, -0.2) is 37.0 Å². The maximum atomic E-state index is 11.6. The molecule has 104 valence electrons. The van der Waals surface area contributed by atoms with Crippen LogP contribution in [0.15, 0.2) is 18.2 Å². The first-order valence-electron chi connectivity index (χ1n) is 6.68. The van der Waals surface area contributed by atoms with E-state index in [0.717, 1.165) is 24.3 Å². The fourth-order valence-electron chi connectivity index (χ4n) is 2.73. The molecule has 0 aromatic heterocycles. The standard InChI is InChI=1S/C15H22N2O2/c1-10-4-5-15(19-3)12(8-10)13-9-17(11(2)18)7-6-14(13)16/h4-5,8,13-14H,6-7,9,16H2,1-3H3. The molecule has 2 rings (SSSR count). The van der Waals surface area contributed by atoms with Crippen molar-refractivity contribution in [1.82, 2.24) is 4.90 Å². The van der Waals surface area contributed by atoms with Crippen LogP contribution in [0.1, 0.15) is 30.4 Å². The topological polar surface area (TPSA) is 55.6 Å². The zero-order valence-corrected chi connectivity index (χ0v) is 11.8. The van der Waals surface area contributed by atoms with E-state index in [1.807, 2.05) is 17.0 Å². The van der Waals surface area contributed by atoms with Gasteiger partial charge >= 0.3 is 0 Å². The van der Waals surface area contributed by atoms with Gasteiger partial charge in [-0.3, -0.25) is 4.79 Å². The number of piperidine rings is 1. The van der Waals surface area contributed by atoms with Crippen LogP contribution < -0.4 is 10.5 Å². The lowest BCUT2D eigenvalue weighted by Crippen LogP contribution is -2.47. The van der Waals surface area contributed by atoms with E-state index in [9.17, 15) is 4.79 Å². The van der Waals surface area contributed by atoms with Crippen LogP contribution in [0.3, 0.4) is 0 Å². The van der Waals surface area contributed by atoms with E-state index in [0.29, 0.717) is 6.54 Å². The minimum Gasteiger partial charge on any atom is -0.496 e. The largest absolute Gasteiger partial charge is 0.496 e. The van der Waals surface area contributed by atoms with E-state index < -0.39 is 0 Å². The first kappa shape index (κ1) is 13.9. The fourth-order valence-corrected chi connectivity index (χ4v) is 2.73. The van der Waals surface area contributed by atoms with Gasteiger partial charge in [-0.2, -0.15) is 0 Å². The predicted octanol–water partition coefficient (Wildman–Crippen LogP) is 1.67. The van der Waals surface area contributed by atoms with Gasteiger partial charge < -0.3 is 15.4 Å². The summed E-state index contributed by atoms with van der Waals surface area (Å²) in [4.78, 5) is 13.4. The van der Waals surface area contributed by atoms with Crippen LogP contribution >= 0.6 is 0 Å². The minimum absolute atomic E-state index is 0.0753. The molecule has 1 amide bonds. The molecule has 0 spiro atoms. The minimum atomic E-state index is 0.0753. The summed E-state index contributed by atoms with van der Waals surface area (Å²) in [6, 6.07) is 6.20. The highest BCUT2D eigenvalue weighted by Gasteiger charge is 2.30. The maximum absolute atomic E-state index is 11.6. The molecule has 1 aromatic carbocycles. The van der Waals surface area contributed by atoms with Crippen molar-refractivity contribution >= 4 is 5.91 Å². The second-order valence-corrected chi connectivity index (χ2v) is 5.27. The van der Waals surface area contributed by atoms with Gasteiger partial charge in [-0.15, -0.1) is 0 Å². The summed E-state index contributed by atoms with van der Waals surface area (Å²) in [5.74, 6) is 1.12. The van der Waals surface area contributed by atoms with Crippen LogP contribution in [0.5, 0.6) is 5.75 Å². The first-order chi connectivity index (χ1) is 9.02. The van der Waals surface area contributed by atoms with Gasteiger partial charge in [0.1, 0.15) is 5.75 Å². The number of nitrogens with two attached hydrogens (primary N) is 1. The summed E-state index contributed by atoms with van der Waals surface area (Å²) in [6.07, 6.45) is 0.835. The molecule has 1 aliphatic heterocycles. The fraction of sp³-hybridized carbons (Fsp3) is 0.533. The molecule has 1 fully saturated rings. The molecule has 4 heteroatoms. The lowest BCUT2D eigenvalue weighted by molar-refractivity contribution is -0.130. The van der Waals surface area contributed by atoms with Gasteiger partial charge in [0.15, 0.2) is 0 Å². The summed E-state index contributed by atoms with van der Waals surface area (Å²) in [5.41, 5.74) is 8.55. The number of hydrogen-bond donors (Lipinski definition) is 1. The highest BCUT2D eigenvalue weighted by atomic mass is 16.5. The van der Waals surface area contributed by atoms with Gasteiger partial charge in [0, 0.05) is 37.5 Å². The summed E-state index contributed by atoms with van der Waals surface area (Å²) in [7, 11) is 1.67. The molecule has 1 saturated heterocycles. The van der Waals surface area contributed by atoms with E-state index in [-0.39, 0.29) is 17.9 Å². The van der Waals surface area contributed by atoms with Gasteiger partial charge in [-0.05, 0) is 19.4 Å². The average molecular weight is 262 g/mol. The molecule has 1 aromatic rings. The molecule has 2 unspecified atom stereocenters. The van der Waals surface area contributed by atoms with Crippen molar-refractivity contribution in [1.29, 1.82) is 0 Å². The van der Waals surface area contributed by atoms with Crippen molar-refractivity contribution in [2.75, 3.05) is 20.2 Å². The van der Waals surface area contributed by atoms with Gasteiger partial charge in [0.2, 0.25) is 5.91 Å². The first-order valence-corrected chi connectivity index (χ1v) is 6.68. The molecule has 0 saturated carbocycles. The molecule has 0 radical (unpaired) electrons. The zero-order chi connectivity index (χ0) is 14.0. The summed E-state index contributed by atoms with van der Waals surface area (Å²) in [6.45, 7) is 5.10. The Morgan fingerprint density at radius 3 is 2.84 bits per heavy atom. The van der Waals surface area contributed by atoms with Crippen molar-refractivity contribution in [3.8, 4) is 5.75 Å². The van der Waals surface area contributed by atoms with E-state index in [2.05, 4.69) is 13.0 Å². The molecule has 2 atom stereocenters. The Kier molecular flexibility index (Phi) is 4.10. The molecular weight excluding hydrogens is 240 g/mol. The zero-order valence-electron chi connectivity index (χ0n) is 11.8. The van der Waals surface area contributed by atoms with Gasteiger partial charge in [-0.1, -0.05) is 17.7 Å². The highest BCUT2D eigenvalue weighted by Crippen LogP contribution is 2.33. The molecule has 4 nitrogen and oxygen atoms in total. The van der Waals surface area contributed by atoms with E-state index in [4.69, 9.17) is 10.5 Å². The third kappa shape index (κ3) is 2.89. The van der Waals surface area contributed by atoms with Crippen molar-refractivity contribution < 1.29 is 9.53 Å². The lowest BCUT2D eigenvalue weighted by Gasteiger charge is -2.37. The Balaban J connectivity index is 2.32. The molecule has 0 bridgehead atoms. The van der Waals surface area contributed by atoms with Crippen LogP contribution in [-0.2, 0) is 4.79 Å². The molecule has 0 aliphatic carbocycles. The van der Waals surface area contributed by atoms with Crippen LogP contribution in [0, 0.1) is 6.92 Å². The maximum Gasteiger partial charge on any atom is 0.219 e. The third-order valence-corrected chi connectivity index (χ3v) is 3.90. The monoisotopic (exact) mass is 262 g/mol. The number of aryl methyl sites for hydroxylation is 1. The average Bonchev–Trinajstić information content (AvgIpc) is 2.39. The third-order valence-electron chi connectivity index (χ3n) is 3.90. The lowest BCUT2D eigenvalue weighted by atomic mass is 9.85. The highest BCUT2D eigenvalue weighted by molar-refractivity contribution is 5.73. The molecule has 2 N–H and O–H groups in total. The molecule has 19 heavy (non-hydrogen) atoms. The van der Waals surface area contributed by atoms with E-state index in [1.165, 1.54) is 5.56 Å². The van der Waals surface area contributed by atoms with Crippen molar-refractivity contribution in [3.05, 3.63) is 29.3 Å². The molecule has 1 heterocycles. The Labute approximate surface area is 114 Å². The van der Waals surface area contributed by atoms with E-state index in [1.54, 1.807) is 14.0 Å². The van der Waals surface area contributed by atoms with Crippen molar-refractivity contribution in [2.24, 2.45) is 5.73 Å². The summed E-state index contributed by atoms with van der Waals surface area (Å²) < 4.78 is 5.44. The quantitative estimate of drug-likeness (QED) is 0.882. The number of rotatable bonds is 2. The van der Waals surface area contributed by atoms with Gasteiger partial charge in [0.25, 0.3) is 0 Å². The predicted molar refractivity (Wildman–Crippen MR) is 75.3 cm³/mol. The number of nitrogens with zero attached hydrogens (tertiary/aromatic N) is 1. The molecule has 1 aliphatic rings. The Hall–Kier alpha value is -1.55. The second-order valence-electron chi connectivity index (χ2n) is 5.27. The number of benzene rings is 1. The van der Waals surface area contributed by atoms with Crippen LogP contribution in [0.2, 0.25) is 0 Å². The van der Waals surface area contributed by atoms with Crippen molar-refractivity contribution in [2.45, 2.75) is 32.2 Å². The second kappa shape index (κ2) is 5.61. The van der Waals surface area contributed by atoms with Gasteiger partial charge in [-0.25, -0.2) is 0 Å². The number of carbonyl (C=O) groups is 1.